The second-order valence-corrected chi connectivity index (χ2v) is 5.34. The van der Waals surface area contributed by atoms with Crippen LogP contribution in [0.5, 0.6) is 0 Å². The Morgan fingerprint density at radius 3 is 2.39 bits per heavy atom. The van der Waals surface area contributed by atoms with Crippen molar-refractivity contribution >= 4 is 5.78 Å². The second-order valence-electron chi connectivity index (χ2n) is 5.34. The van der Waals surface area contributed by atoms with Crippen molar-refractivity contribution in [2.24, 2.45) is 5.92 Å². The third-order valence-corrected chi connectivity index (χ3v) is 4.52. The number of carbonyl (C=O) groups is 1. The monoisotopic (exact) mass is 234 g/mol. The van der Waals surface area contributed by atoms with Gasteiger partial charge in [-0.3, -0.25) is 4.79 Å². The minimum atomic E-state index is 0.215. The van der Waals surface area contributed by atoms with Crippen LogP contribution in [0.4, 0.5) is 0 Å². The van der Waals surface area contributed by atoms with Crippen LogP contribution in [0, 0.1) is 5.92 Å². The molecule has 5 rings (SSSR count). The summed E-state index contributed by atoms with van der Waals surface area (Å²) in [6.07, 6.45) is 1.04. The molecular weight excluding hydrogens is 220 g/mol. The molecule has 0 aromatic heterocycles. The average Bonchev–Trinajstić information content (AvgIpc) is 2.39. The Morgan fingerprint density at radius 2 is 1.56 bits per heavy atom. The molecule has 3 aliphatic carbocycles. The summed E-state index contributed by atoms with van der Waals surface area (Å²) in [7, 11) is 0. The minimum absolute atomic E-state index is 0.215. The Kier molecular flexibility index (Phi) is 1.99. The highest BCUT2D eigenvalue weighted by Crippen LogP contribution is 2.58. The Morgan fingerprint density at radius 1 is 0.833 bits per heavy atom. The lowest BCUT2D eigenvalue weighted by Crippen LogP contribution is -2.43. The molecule has 0 amide bonds. The molecule has 18 heavy (non-hydrogen) atoms. The van der Waals surface area contributed by atoms with Gasteiger partial charge in [0, 0.05) is 17.4 Å². The van der Waals surface area contributed by atoms with Gasteiger partial charge in [0.25, 0.3) is 0 Å². The Labute approximate surface area is 106 Å². The summed E-state index contributed by atoms with van der Waals surface area (Å²) in [5.41, 5.74) is 3.55. The average molecular weight is 234 g/mol. The quantitative estimate of drug-likeness (QED) is 0.734. The predicted molar refractivity (Wildman–Crippen MR) is 70.8 cm³/mol. The number of carbonyl (C=O) groups excluding carboxylic acids is 1. The van der Waals surface area contributed by atoms with E-state index in [1.807, 2.05) is 24.3 Å². The van der Waals surface area contributed by atoms with E-state index in [1.54, 1.807) is 0 Å². The van der Waals surface area contributed by atoms with E-state index in [0.29, 0.717) is 17.6 Å². The molecule has 1 heteroatoms. The number of rotatable bonds is 1. The van der Waals surface area contributed by atoms with Gasteiger partial charge in [0.05, 0.1) is 0 Å². The smallest absolute Gasteiger partial charge is 0.166 e. The third kappa shape index (κ3) is 1.19. The van der Waals surface area contributed by atoms with Crippen LogP contribution in [0.15, 0.2) is 54.6 Å². The molecule has 3 atom stereocenters. The van der Waals surface area contributed by atoms with E-state index in [0.717, 1.165) is 12.0 Å². The second kappa shape index (κ2) is 3.55. The number of ketones is 1. The van der Waals surface area contributed by atoms with Crippen LogP contribution in [-0.4, -0.2) is 5.78 Å². The van der Waals surface area contributed by atoms with Crippen LogP contribution in [-0.2, 0) is 0 Å². The van der Waals surface area contributed by atoms with Crippen LogP contribution < -0.4 is 0 Å². The van der Waals surface area contributed by atoms with Gasteiger partial charge in [-0.05, 0) is 23.5 Å². The normalized spacial score (nSPS) is 28.4. The van der Waals surface area contributed by atoms with Gasteiger partial charge >= 0.3 is 0 Å². The highest BCUT2D eigenvalue weighted by Gasteiger charge is 2.51. The van der Waals surface area contributed by atoms with E-state index >= 15 is 0 Å². The van der Waals surface area contributed by atoms with Crippen molar-refractivity contribution in [3.63, 3.8) is 0 Å². The molecule has 0 aliphatic heterocycles. The number of hydrogen-bond acceptors (Lipinski definition) is 1. The van der Waals surface area contributed by atoms with E-state index in [2.05, 4.69) is 30.3 Å². The Hall–Kier alpha value is -1.89. The van der Waals surface area contributed by atoms with Crippen molar-refractivity contribution in [1.29, 1.82) is 0 Å². The van der Waals surface area contributed by atoms with Gasteiger partial charge in [0.15, 0.2) is 5.78 Å². The van der Waals surface area contributed by atoms with Gasteiger partial charge in [-0.15, -0.1) is 0 Å². The predicted octanol–water partition coefficient (Wildman–Crippen LogP) is 3.77. The molecule has 0 saturated heterocycles. The molecule has 0 N–H and O–H groups in total. The molecule has 1 saturated carbocycles. The van der Waals surface area contributed by atoms with Crippen LogP contribution >= 0.6 is 0 Å². The summed E-state index contributed by atoms with van der Waals surface area (Å²) < 4.78 is 0. The van der Waals surface area contributed by atoms with Gasteiger partial charge in [-0.1, -0.05) is 54.6 Å². The topological polar surface area (TPSA) is 17.1 Å². The van der Waals surface area contributed by atoms with Crippen molar-refractivity contribution in [1.82, 2.24) is 0 Å². The number of benzene rings is 2. The van der Waals surface area contributed by atoms with E-state index in [9.17, 15) is 4.79 Å². The summed E-state index contributed by atoms with van der Waals surface area (Å²) in [5.74, 6) is 1.52. The molecule has 0 heterocycles. The van der Waals surface area contributed by atoms with Gasteiger partial charge in [0.1, 0.15) is 0 Å². The first-order chi connectivity index (χ1) is 8.86. The van der Waals surface area contributed by atoms with Crippen LogP contribution in [0.1, 0.15) is 39.7 Å². The van der Waals surface area contributed by atoms with Crippen molar-refractivity contribution in [2.45, 2.75) is 18.3 Å². The third-order valence-electron chi connectivity index (χ3n) is 4.52. The molecule has 3 unspecified atom stereocenters. The maximum absolute atomic E-state index is 12.4. The molecular formula is C17H14O. The van der Waals surface area contributed by atoms with Crippen molar-refractivity contribution in [3.05, 3.63) is 71.3 Å². The molecule has 1 nitrogen and oxygen atoms in total. The van der Waals surface area contributed by atoms with Crippen LogP contribution in [0.2, 0.25) is 0 Å². The fraction of sp³-hybridized carbons (Fsp3) is 0.235. The first kappa shape index (κ1) is 10.1. The fourth-order valence-corrected chi connectivity index (χ4v) is 3.63. The molecule has 1 fully saturated rings. The molecule has 2 bridgehead atoms. The first-order valence-corrected chi connectivity index (χ1v) is 6.54. The Balaban J connectivity index is 1.83. The van der Waals surface area contributed by atoms with Crippen LogP contribution in [0.25, 0.3) is 0 Å². The van der Waals surface area contributed by atoms with E-state index in [4.69, 9.17) is 0 Å². The van der Waals surface area contributed by atoms with E-state index in [1.165, 1.54) is 11.1 Å². The lowest BCUT2D eigenvalue weighted by molar-refractivity contribution is 0.0734. The summed E-state index contributed by atoms with van der Waals surface area (Å²) in [5, 5.41) is 0. The number of Topliss-reactive ketones (excluding diaryl/α,β-unsaturated/α-hetero) is 1. The SMILES string of the molecule is O=C1c2ccccc2C2CC1C2c1ccccc1. The molecule has 2 aromatic carbocycles. The lowest BCUT2D eigenvalue weighted by atomic mass is 9.53. The van der Waals surface area contributed by atoms with Crippen molar-refractivity contribution in [3.8, 4) is 0 Å². The zero-order valence-electron chi connectivity index (χ0n) is 10.0. The maximum atomic E-state index is 12.4. The summed E-state index contributed by atoms with van der Waals surface area (Å²) in [6.45, 7) is 0. The van der Waals surface area contributed by atoms with E-state index in [-0.39, 0.29) is 5.92 Å². The minimum Gasteiger partial charge on any atom is -0.294 e. The van der Waals surface area contributed by atoms with Crippen molar-refractivity contribution < 1.29 is 4.79 Å². The molecule has 88 valence electrons. The van der Waals surface area contributed by atoms with Gasteiger partial charge in [-0.25, -0.2) is 0 Å². The largest absolute Gasteiger partial charge is 0.294 e. The number of hydrogen-bond donors (Lipinski definition) is 0. The highest BCUT2D eigenvalue weighted by molar-refractivity contribution is 6.03. The molecule has 2 aromatic rings. The lowest BCUT2D eigenvalue weighted by Gasteiger charge is -2.49. The molecule has 0 spiro atoms. The van der Waals surface area contributed by atoms with E-state index < -0.39 is 0 Å². The van der Waals surface area contributed by atoms with Crippen molar-refractivity contribution in [2.75, 3.05) is 0 Å². The van der Waals surface area contributed by atoms with Crippen LogP contribution in [0.3, 0.4) is 0 Å². The van der Waals surface area contributed by atoms with Gasteiger partial charge in [0.2, 0.25) is 0 Å². The van der Waals surface area contributed by atoms with Gasteiger partial charge < -0.3 is 0 Å². The highest BCUT2D eigenvalue weighted by atomic mass is 16.1. The van der Waals surface area contributed by atoms with Gasteiger partial charge in [-0.2, -0.15) is 0 Å². The summed E-state index contributed by atoms with van der Waals surface area (Å²) in [6, 6.07) is 18.6. The first-order valence-electron chi connectivity index (χ1n) is 6.54. The molecule has 3 aliphatic rings. The Bertz CT molecular complexity index is 615. The molecule has 0 radical (unpaired) electrons. The zero-order valence-corrected chi connectivity index (χ0v) is 10.0. The summed E-state index contributed by atoms with van der Waals surface area (Å²) >= 11 is 0. The summed E-state index contributed by atoms with van der Waals surface area (Å²) in [4.78, 5) is 12.4. The standard InChI is InChI=1S/C17H14O/c18-17-13-9-5-4-8-12(13)14-10-15(17)16(14)11-6-2-1-3-7-11/h1-9,14-16H,10H2. The fourth-order valence-electron chi connectivity index (χ4n) is 3.63. The zero-order chi connectivity index (χ0) is 12.1. The maximum Gasteiger partial charge on any atom is 0.166 e.